The number of halogens is 1. The van der Waals surface area contributed by atoms with Crippen molar-refractivity contribution in [3.63, 3.8) is 0 Å². The molecule has 20 heavy (non-hydrogen) atoms. The predicted octanol–water partition coefficient (Wildman–Crippen LogP) is 4.87. The van der Waals surface area contributed by atoms with Gasteiger partial charge in [0.1, 0.15) is 16.2 Å². The standard InChI is InChI=1S/C16H16FNOS/c17-12-9-7-11(8-10-12)15-18-16(20)13-5-3-1-2-4-6-14(13)19-15/h7-10H,1-6H2. The van der Waals surface area contributed by atoms with Gasteiger partial charge in [-0.25, -0.2) is 9.37 Å². The predicted molar refractivity (Wildman–Crippen MR) is 78.6 cm³/mol. The lowest BCUT2D eigenvalue weighted by molar-refractivity contribution is 0.452. The second kappa shape index (κ2) is 5.83. The Morgan fingerprint density at radius 3 is 2.45 bits per heavy atom. The van der Waals surface area contributed by atoms with Gasteiger partial charge < -0.3 is 4.42 Å². The van der Waals surface area contributed by atoms with E-state index in [1.807, 2.05) is 0 Å². The van der Waals surface area contributed by atoms with Crippen LogP contribution >= 0.6 is 12.2 Å². The molecule has 0 fully saturated rings. The highest BCUT2D eigenvalue weighted by molar-refractivity contribution is 7.71. The minimum absolute atomic E-state index is 0.265. The largest absolute Gasteiger partial charge is 0.442 e. The Balaban J connectivity index is 2.05. The summed E-state index contributed by atoms with van der Waals surface area (Å²) in [6.07, 6.45) is 6.61. The van der Waals surface area contributed by atoms with Crippen LogP contribution in [-0.2, 0) is 12.8 Å². The zero-order chi connectivity index (χ0) is 13.9. The fraction of sp³-hybridized carbons (Fsp3) is 0.375. The van der Waals surface area contributed by atoms with Crippen LogP contribution in [0, 0.1) is 10.5 Å². The number of benzene rings is 1. The topological polar surface area (TPSA) is 26.0 Å². The number of rotatable bonds is 1. The van der Waals surface area contributed by atoms with Crippen LogP contribution in [0.2, 0.25) is 0 Å². The fourth-order valence-electron chi connectivity index (χ4n) is 2.59. The summed E-state index contributed by atoms with van der Waals surface area (Å²) in [5.74, 6) is 1.19. The SMILES string of the molecule is Fc1ccc(-c2nc(=S)c3c(o2)CCCCCC3)cc1. The van der Waals surface area contributed by atoms with Gasteiger partial charge in [-0.15, -0.1) is 0 Å². The van der Waals surface area contributed by atoms with Gasteiger partial charge in [0.25, 0.3) is 0 Å². The molecule has 0 bridgehead atoms. The minimum atomic E-state index is -0.265. The van der Waals surface area contributed by atoms with Gasteiger partial charge in [0.2, 0.25) is 5.89 Å². The van der Waals surface area contributed by atoms with Gasteiger partial charge in [-0.3, -0.25) is 0 Å². The van der Waals surface area contributed by atoms with Crippen molar-refractivity contribution in [1.82, 2.24) is 4.98 Å². The van der Waals surface area contributed by atoms with E-state index in [4.69, 9.17) is 16.6 Å². The van der Waals surface area contributed by atoms with E-state index in [0.717, 1.165) is 42.6 Å². The molecule has 4 heteroatoms. The fourth-order valence-corrected chi connectivity index (χ4v) is 2.88. The Morgan fingerprint density at radius 1 is 1.00 bits per heavy atom. The van der Waals surface area contributed by atoms with E-state index in [1.165, 1.54) is 25.0 Å². The third kappa shape index (κ3) is 2.80. The molecular weight excluding hydrogens is 273 g/mol. The van der Waals surface area contributed by atoms with Crippen LogP contribution in [0.25, 0.3) is 11.5 Å². The molecule has 1 aromatic carbocycles. The lowest BCUT2D eigenvalue weighted by Crippen LogP contribution is -2.03. The van der Waals surface area contributed by atoms with Gasteiger partial charge in [0.05, 0.1) is 0 Å². The average molecular weight is 289 g/mol. The summed E-state index contributed by atoms with van der Waals surface area (Å²) in [7, 11) is 0. The van der Waals surface area contributed by atoms with Crippen LogP contribution in [0.4, 0.5) is 4.39 Å². The van der Waals surface area contributed by atoms with Crippen LogP contribution in [0.3, 0.4) is 0 Å². The molecule has 1 aliphatic carbocycles. The summed E-state index contributed by atoms with van der Waals surface area (Å²) in [5, 5.41) is 0. The number of aryl methyl sites for hydroxylation is 1. The van der Waals surface area contributed by atoms with Crippen LogP contribution in [0.1, 0.15) is 37.0 Å². The molecule has 0 saturated carbocycles. The summed E-state index contributed by atoms with van der Waals surface area (Å²) in [5.41, 5.74) is 1.85. The maximum atomic E-state index is 13.0. The molecule has 104 valence electrons. The first-order chi connectivity index (χ1) is 9.74. The Bertz CT molecular complexity index is 663. The van der Waals surface area contributed by atoms with Gasteiger partial charge in [-0.1, -0.05) is 25.1 Å². The zero-order valence-corrected chi connectivity index (χ0v) is 12.0. The van der Waals surface area contributed by atoms with Crippen LogP contribution < -0.4 is 0 Å². The van der Waals surface area contributed by atoms with E-state index in [1.54, 1.807) is 12.1 Å². The van der Waals surface area contributed by atoms with Crippen molar-refractivity contribution in [2.24, 2.45) is 0 Å². The molecule has 1 aromatic heterocycles. The molecule has 3 rings (SSSR count). The average Bonchev–Trinajstić information content (AvgIpc) is 2.41. The molecule has 1 heterocycles. The van der Waals surface area contributed by atoms with Crippen molar-refractivity contribution in [1.29, 1.82) is 0 Å². The Morgan fingerprint density at radius 2 is 1.70 bits per heavy atom. The van der Waals surface area contributed by atoms with Gasteiger partial charge >= 0.3 is 0 Å². The lowest BCUT2D eigenvalue weighted by Gasteiger charge is -2.13. The van der Waals surface area contributed by atoms with E-state index in [9.17, 15) is 4.39 Å². The summed E-state index contributed by atoms with van der Waals surface area (Å²) in [6, 6.07) is 6.16. The first kappa shape index (κ1) is 13.4. The van der Waals surface area contributed by atoms with Gasteiger partial charge in [0, 0.05) is 17.5 Å². The van der Waals surface area contributed by atoms with Gasteiger partial charge in [-0.2, -0.15) is 0 Å². The maximum absolute atomic E-state index is 13.0. The van der Waals surface area contributed by atoms with Crippen molar-refractivity contribution >= 4 is 12.2 Å². The monoisotopic (exact) mass is 289 g/mol. The molecule has 1 aliphatic rings. The Labute approximate surface area is 122 Å². The molecular formula is C16H16FNOS. The molecule has 0 aliphatic heterocycles. The van der Waals surface area contributed by atoms with Crippen molar-refractivity contribution in [2.75, 3.05) is 0 Å². The number of hydrogen-bond donors (Lipinski definition) is 0. The van der Waals surface area contributed by atoms with E-state index in [-0.39, 0.29) is 5.82 Å². The molecule has 2 nitrogen and oxygen atoms in total. The number of aromatic nitrogens is 1. The quantitative estimate of drug-likeness (QED) is 0.701. The van der Waals surface area contributed by atoms with Gasteiger partial charge in [0.15, 0.2) is 0 Å². The highest BCUT2D eigenvalue weighted by Crippen LogP contribution is 2.25. The van der Waals surface area contributed by atoms with Crippen molar-refractivity contribution in [3.8, 4) is 11.5 Å². The van der Waals surface area contributed by atoms with E-state index in [0.29, 0.717) is 10.5 Å². The van der Waals surface area contributed by atoms with Gasteiger partial charge in [-0.05, 0) is 43.5 Å². The van der Waals surface area contributed by atoms with Crippen LogP contribution in [-0.4, -0.2) is 4.98 Å². The molecule has 0 unspecified atom stereocenters. The number of fused-ring (bicyclic) bond motifs is 1. The normalized spacial score (nSPS) is 15.2. The van der Waals surface area contributed by atoms with Crippen LogP contribution in [0.5, 0.6) is 0 Å². The smallest absolute Gasteiger partial charge is 0.227 e. The van der Waals surface area contributed by atoms with Crippen molar-refractivity contribution in [3.05, 3.63) is 46.0 Å². The lowest BCUT2D eigenvalue weighted by atomic mass is 9.99. The summed E-state index contributed by atoms with van der Waals surface area (Å²) >= 11 is 5.41. The second-order valence-corrected chi connectivity index (χ2v) is 5.53. The summed E-state index contributed by atoms with van der Waals surface area (Å²) < 4.78 is 19.6. The zero-order valence-electron chi connectivity index (χ0n) is 11.2. The molecule has 0 radical (unpaired) electrons. The summed E-state index contributed by atoms with van der Waals surface area (Å²) in [4.78, 5) is 4.38. The van der Waals surface area contributed by atoms with Crippen LogP contribution in [0.15, 0.2) is 28.7 Å². The van der Waals surface area contributed by atoms with Crippen molar-refractivity contribution in [2.45, 2.75) is 38.5 Å². The molecule has 0 spiro atoms. The molecule has 0 N–H and O–H groups in total. The maximum Gasteiger partial charge on any atom is 0.227 e. The second-order valence-electron chi connectivity index (χ2n) is 5.15. The van der Waals surface area contributed by atoms with E-state index in [2.05, 4.69) is 4.98 Å². The Kier molecular flexibility index (Phi) is 3.92. The Hall–Kier alpha value is -1.55. The molecule has 0 saturated heterocycles. The first-order valence-electron chi connectivity index (χ1n) is 7.03. The summed E-state index contributed by atoms with van der Waals surface area (Å²) in [6.45, 7) is 0. The third-order valence-corrected chi connectivity index (χ3v) is 4.03. The van der Waals surface area contributed by atoms with Crippen molar-refractivity contribution < 1.29 is 8.81 Å². The van der Waals surface area contributed by atoms with E-state index >= 15 is 0 Å². The highest BCUT2D eigenvalue weighted by atomic mass is 32.1. The molecule has 2 aromatic rings. The first-order valence-corrected chi connectivity index (χ1v) is 7.44. The van der Waals surface area contributed by atoms with E-state index < -0.39 is 0 Å². The number of nitrogens with zero attached hydrogens (tertiary/aromatic N) is 1. The third-order valence-electron chi connectivity index (χ3n) is 3.69. The highest BCUT2D eigenvalue weighted by Gasteiger charge is 2.14. The number of hydrogen-bond acceptors (Lipinski definition) is 3. The minimum Gasteiger partial charge on any atom is -0.442 e. The molecule has 0 atom stereocenters. The molecule has 0 amide bonds.